The van der Waals surface area contributed by atoms with Crippen molar-refractivity contribution in [2.75, 3.05) is 0 Å². The van der Waals surface area contributed by atoms with Crippen LogP contribution in [0.2, 0.25) is 0 Å². The minimum atomic E-state index is -0.321. The van der Waals surface area contributed by atoms with Crippen LogP contribution >= 0.6 is 0 Å². The molecule has 2 aromatic heterocycles. The smallest absolute Gasteiger partial charge is 0.216 e. The number of hydrogen-bond acceptors (Lipinski definition) is 3. The number of carbonyl (C=O) groups is 1. The molecule has 4 heteroatoms. The number of rotatable bonds is 4. The van der Waals surface area contributed by atoms with Gasteiger partial charge in [0.15, 0.2) is 5.71 Å². The largest absolute Gasteiger partial charge is 0.410 e. The van der Waals surface area contributed by atoms with E-state index >= 15 is 0 Å². The Morgan fingerprint density at radius 1 is 0.889 bits per heavy atom. The maximum Gasteiger partial charge on any atom is 0.216 e. The van der Waals surface area contributed by atoms with Crippen LogP contribution in [0.5, 0.6) is 0 Å². The van der Waals surface area contributed by atoms with Gasteiger partial charge in [-0.1, -0.05) is 71.9 Å². The predicted octanol–water partition coefficient (Wildman–Crippen LogP) is 4.98. The van der Waals surface area contributed by atoms with E-state index in [4.69, 9.17) is 0 Å². The van der Waals surface area contributed by atoms with Crippen molar-refractivity contribution in [3.63, 3.8) is 0 Å². The topological polar surface area (TPSA) is 54.1 Å². The Hall–Kier alpha value is -3.66. The first-order valence-electron chi connectivity index (χ1n) is 8.69. The second kappa shape index (κ2) is 6.92. The van der Waals surface area contributed by atoms with Gasteiger partial charge >= 0.3 is 0 Å². The zero-order valence-corrected chi connectivity index (χ0v) is 14.8. The summed E-state index contributed by atoms with van der Waals surface area (Å²) >= 11 is 0. The number of oxime groups is 1. The number of aryl methyl sites for hydroxylation is 1. The van der Waals surface area contributed by atoms with Crippen molar-refractivity contribution in [3.05, 3.63) is 102 Å². The van der Waals surface area contributed by atoms with Gasteiger partial charge in [-0.2, -0.15) is 0 Å². The number of benzene rings is 2. The zero-order valence-electron chi connectivity index (χ0n) is 14.8. The van der Waals surface area contributed by atoms with E-state index in [9.17, 15) is 10.0 Å². The SMILES string of the molecule is Cc1cccc2cc(-c3ccccc3)c(/C(=N/O)C(=O)c3ccccc3)n12. The van der Waals surface area contributed by atoms with Gasteiger partial charge in [-0.15, -0.1) is 0 Å². The fourth-order valence-corrected chi connectivity index (χ4v) is 3.39. The summed E-state index contributed by atoms with van der Waals surface area (Å²) in [5, 5.41) is 13.2. The third-order valence-electron chi connectivity index (χ3n) is 4.65. The van der Waals surface area contributed by atoms with E-state index < -0.39 is 0 Å². The first-order chi connectivity index (χ1) is 13.2. The summed E-state index contributed by atoms with van der Waals surface area (Å²) in [6, 6.07) is 26.6. The van der Waals surface area contributed by atoms with E-state index in [0.717, 1.165) is 22.3 Å². The van der Waals surface area contributed by atoms with Gasteiger partial charge in [-0.25, -0.2) is 0 Å². The molecular formula is C23H18N2O2. The van der Waals surface area contributed by atoms with Gasteiger partial charge in [0, 0.05) is 22.3 Å². The van der Waals surface area contributed by atoms with Crippen LogP contribution in [0, 0.1) is 6.92 Å². The molecule has 2 aromatic carbocycles. The summed E-state index contributed by atoms with van der Waals surface area (Å²) in [5.41, 5.74) is 4.78. The molecule has 0 aliphatic carbocycles. The standard InChI is InChI=1S/C23H18N2O2/c1-16-9-8-14-19-15-20(17-10-4-2-5-11-17)22(25(16)19)21(24-27)23(26)18-12-6-3-7-13-18/h2-15,27H,1H3/b24-21-. The highest BCUT2D eigenvalue weighted by molar-refractivity contribution is 6.52. The molecule has 0 unspecified atom stereocenters. The molecule has 0 fully saturated rings. The lowest BCUT2D eigenvalue weighted by atomic mass is 9.98. The molecule has 0 aliphatic heterocycles. The Balaban J connectivity index is 2.00. The average molecular weight is 354 g/mol. The van der Waals surface area contributed by atoms with E-state index in [-0.39, 0.29) is 11.5 Å². The van der Waals surface area contributed by atoms with E-state index in [0.29, 0.717) is 11.3 Å². The molecule has 4 aromatic rings. The van der Waals surface area contributed by atoms with Crippen molar-refractivity contribution in [2.45, 2.75) is 6.92 Å². The van der Waals surface area contributed by atoms with Crippen LogP contribution in [0.3, 0.4) is 0 Å². The molecule has 1 N–H and O–H groups in total. The van der Waals surface area contributed by atoms with Gasteiger partial charge < -0.3 is 9.61 Å². The fourth-order valence-electron chi connectivity index (χ4n) is 3.39. The van der Waals surface area contributed by atoms with E-state index in [1.165, 1.54) is 0 Å². The van der Waals surface area contributed by atoms with Crippen molar-refractivity contribution in [1.29, 1.82) is 0 Å². The van der Waals surface area contributed by atoms with Crippen LogP contribution in [0.25, 0.3) is 16.6 Å². The molecule has 0 bridgehead atoms. The molecule has 0 atom stereocenters. The number of carbonyl (C=O) groups excluding carboxylic acids is 1. The van der Waals surface area contributed by atoms with Gasteiger partial charge in [0.25, 0.3) is 0 Å². The number of nitrogens with zero attached hydrogens (tertiary/aromatic N) is 2. The van der Waals surface area contributed by atoms with Crippen LogP contribution in [0.15, 0.2) is 90.1 Å². The highest BCUT2D eigenvalue weighted by Crippen LogP contribution is 2.30. The van der Waals surface area contributed by atoms with Crippen molar-refractivity contribution in [2.24, 2.45) is 5.16 Å². The monoisotopic (exact) mass is 354 g/mol. The number of hydrogen-bond donors (Lipinski definition) is 1. The maximum atomic E-state index is 13.1. The first-order valence-corrected chi connectivity index (χ1v) is 8.69. The number of fused-ring (bicyclic) bond motifs is 1. The molecule has 0 saturated carbocycles. The number of pyridine rings is 1. The van der Waals surface area contributed by atoms with Crippen LogP contribution in [-0.2, 0) is 0 Å². The van der Waals surface area contributed by atoms with Crippen molar-refractivity contribution in [3.8, 4) is 11.1 Å². The molecule has 4 nitrogen and oxygen atoms in total. The van der Waals surface area contributed by atoms with E-state index in [2.05, 4.69) is 5.16 Å². The van der Waals surface area contributed by atoms with Crippen LogP contribution in [0.1, 0.15) is 21.7 Å². The van der Waals surface area contributed by atoms with E-state index in [1.54, 1.807) is 24.3 Å². The fraction of sp³-hybridized carbons (Fsp3) is 0.0435. The molecule has 4 rings (SSSR count). The second-order valence-corrected chi connectivity index (χ2v) is 6.34. The third-order valence-corrected chi connectivity index (χ3v) is 4.65. The summed E-state index contributed by atoms with van der Waals surface area (Å²) in [4.78, 5) is 13.1. The Bertz CT molecular complexity index is 1140. The summed E-state index contributed by atoms with van der Waals surface area (Å²) < 4.78 is 1.96. The third kappa shape index (κ3) is 2.91. The Kier molecular flexibility index (Phi) is 4.30. The normalized spacial score (nSPS) is 11.7. The highest BCUT2D eigenvalue weighted by Gasteiger charge is 2.25. The minimum absolute atomic E-state index is 0.0225. The van der Waals surface area contributed by atoms with E-state index in [1.807, 2.05) is 72.0 Å². The Labute approximate surface area is 157 Å². The molecule has 0 spiro atoms. The van der Waals surface area contributed by atoms with Gasteiger partial charge in [-0.3, -0.25) is 4.79 Å². The molecule has 0 radical (unpaired) electrons. The van der Waals surface area contributed by atoms with Gasteiger partial charge in [0.2, 0.25) is 5.78 Å². The zero-order chi connectivity index (χ0) is 18.8. The van der Waals surface area contributed by atoms with Crippen molar-refractivity contribution in [1.82, 2.24) is 4.40 Å². The predicted molar refractivity (Wildman–Crippen MR) is 107 cm³/mol. The lowest BCUT2D eigenvalue weighted by molar-refractivity contribution is 0.106. The molecule has 0 aliphatic rings. The lowest BCUT2D eigenvalue weighted by Crippen LogP contribution is -2.19. The quantitative estimate of drug-likeness (QED) is 0.243. The van der Waals surface area contributed by atoms with Crippen molar-refractivity contribution >= 4 is 17.0 Å². The average Bonchev–Trinajstić information content (AvgIpc) is 3.11. The maximum absolute atomic E-state index is 13.1. The Morgan fingerprint density at radius 3 is 2.22 bits per heavy atom. The summed E-state index contributed by atoms with van der Waals surface area (Å²) in [6.07, 6.45) is 0. The van der Waals surface area contributed by atoms with Gasteiger partial charge in [0.1, 0.15) is 0 Å². The second-order valence-electron chi connectivity index (χ2n) is 6.34. The number of ketones is 1. The molecular weight excluding hydrogens is 336 g/mol. The van der Waals surface area contributed by atoms with Crippen molar-refractivity contribution < 1.29 is 10.0 Å². The summed E-state index contributed by atoms with van der Waals surface area (Å²) in [6.45, 7) is 1.97. The molecule has 2 heterocycles. The van der Waals surface area contributed by atoms with Gasteiger partial charge in [-0.05, 0) is 30.7 Å². The molecule has 27 heavy (non-hydrogen) atoms. The van der Waals surface area contributed by atoms with Gasteiger partial charge in [0.05, 0.1) is 5.69 Å². The summed E-state index contributed by atoms with van der Waals surface area (Å²) in [5.74, 6) is -0.321. The first kappa shape index (κ1) is 16.8. The lowest BCUT2D eigenvalue weighted by Gasteiger charge is -2.11. The minimum Gasteiger partial charge on any atom is -0.410 e. The summed E-state index contributed by atoms with van der Waals surface area (Å²) in [7, 11) is 0. The Morgan fingerprint density at radius 2 is 1.56 bits per heavy atom. The molecule has 0 amide bonds. The number of Topliss-reactive ketones (excluding diaryl/α,β-unsaturated/α-hetero) is 1. The molecule has 132 valence electrons. The van der Waals surface area contributed by atoms with Crippen LogP contribution in [-0.4, -0.2) is 21.1 Å². The number of aromatic nitrogens is 1. The highest BCUT2D eigenvalue weighted by atomic mass is 16.4. The van der Waals surface area contributed by atoms with Crippen LogP contribution in [0.4, 0.5) is 0 Å². The van der Waals surface area contributed by atoms with Crippen LogP contribution < -0.4 is 0 Å². The molecule has 0 saturated heterocycles.